The van der Waals surface area contributed by atoms with Gasteiger partial charge in [0.15, 0.2) is 11.5 Å². The Bertz CT molecular complexity index is 639. The summed E-state index contributed by atoms with van der Waals surface area (Å²) < 4.78 is 21.6. The molecule has 0 radical (unpaired) electrons. The average molecular weight is 288 g/mol. The van der Waals surface area contributed by atoms with Crippen molar-refractivity contribution in [3.63, 3.8) is 0 Å². The van der Waals surface area contributed by atoms with Crippen LogP contribution in [0.2, 0.25) is 0 Å². The van der Waals surface area contributed by atoms with Gasteiger partial charge in [-0.2, -0.15) is 0 Å². The molecule has 0 aromatic heterocycles. The van der Waals surface area contributed by atoms with Gasteiger partial charge in [-0.3, -0.25) is 0 Å². The van der Waals surface area contributed by atoms with Crippen molar-refractivity contribution >= 4 is 0 Å². The van der Waals surface area contributed by atoms with Gasteiger partial charge in [-0.15, -0.1) is 0 Å². The molecule has 5 nitrogen and oxygen atoms in total. The Labute approximate surface area is 122 Å². The maximum atomic E-state index is 9.20. The third kappa shape index (κ3) is 2.87. The zero-order chi connectivity index (χ0) is 14.7. The number of aliphatic hydroxyl groups excluding tert-OH is 1. The van der Waals surface area contributed by atoms with Gasteiger partial charge in [-0.1, -0.05) is 6.07 Å². The highest BCUT2D eigenvalue weighted by molar-refractivity contribution is 5.47. The maximum Gasteiger partial charge on any atom is 0.231 e. The topological polar surface area (TPSA) is 57.2 Å². The minimum absolute atomic E-state index is 0.0129. The molecule has 0 unspecified atom stereocenters. The second-order valence-corrected chi connectivity index (χ2v) is 4.61. The lowest BCUT2D eigenvalue weighted by Crippen LogP contribution is -2.00. The lowest BCUT2D eigenvalue weighted by atomic mass is 10.1. The van der Waals surface area contributed by atoms with E-state index in [0.717, 1.165) is 22.6 Å². The number of fused-ring (bicyclic) bond motifs is 1. The minimum atomic E-state index is -0.0129. The van der Waals surface area contributed by atoms with Crippen LogP contribution in [0.5, 0.6) is 23.0 Å². The van der Waals surface area contributed by atoms with Crippen molar-refractivity contribution in [3.05, 3.63) is 47.5 Å². The van der Waals surface area contributed by atoms with Gasteiger partial charge in [-0.05, 0) is 29.8 Å². The van der Waals surface area contributed by atoms with Crippen molar-refractivity contribution in [1.82, 2.24) is 0 Å². The van der Waals surface area contributed by atoms with Gasteiger partial charge in [0.2, 0.25) is 6.79 Å². The highest BCUT2D eigenvalue weighted by Gasteiger charge is 2.14. The molecule has 0 amide bonds. The molecule has 110 valence electrons. The van der Waals surface area contributed by atoms with Gasteiger partial charge >= 0.3 is 0 Å². The number of benzene rings is 2. The summed E-state index contributed by atoms with van der Waals surface area (Å²) in [5.41, 5.74) is 1.70. The van der Waals surface area contributed by atoms with E-state index in [1.165, 1.54) is 0 Å². The smallest absolute Gasteiger partial charge is 0.231 e. The second kappa shape index (κ2) is 5.93. The molecule has 1 N–H and O–H groups in total. The van der Waals surface area contributed by atoms with E-state index in [1.54, 1.807) is 13.2 Å². The fraction of sp³-hybridized carbons (Fsp3) is 0.250. The first-order valence-corrected chi connectivity index (χ1v) is 6.59. The predicted octanol–water partition coefficient (Wildman–Crippen LogP) is 2.50. The number of hydrogen-bond acceptors (Lipinski definition) is 5. The largest absolute Gasteiger partial charge is 0.496 e. The first-order chi connectivity index (χ1) is 10.3. The van der Waals surface area contributed by atoms with E-state index in [4.69, 9.17) is 18.9 Å². The predicted molar refractivity (Wildman–Crippen MR) is 75.8 cm³/mol. The van der Waals surface area contributed by atoms with Gasteiger partial charge in [0, 0.05) is 11.6 Å². The monoisotopic (exact) mass is 288 g/mol. The third-order valence-electron chi connectivity index (χ3n) is 3.27. The third-order valence-corrected chi connectivity index (χ3v) is 3.27. The van der Waals surface area contributed by atoms with E-state index in [-0.39, 0.29) is 13.4 Å². The second-order valence-electron chi connectivity index (χ2n) is 4.61. The lowest BCUT2D eigenvalue weighted by Gasteiger charge is -2.12. The Hall–Kier alpha value is -2.40. The number of aliphatic hydroxyl groups is 1. The van der Waals surface area contributed by atoms with Crippen molar-refractivity contribution < 1.29 is 24.1 Å². The van der Waals surface area contributed by atoms with Gasteiger partial charge < -0.3 is 24.1 Å². The molecule has 2 aromatic rings. The molecule has 0 atom stereocenters. The van der Waals surface area contributed by atoms with E-state index in [0.29, 0.717) is 18.1 Å². The van der Waals surface area contributed by atoms with E-state index < -0.39 is 0 Å². The number of methoxy groups -OCH3 is 1. The van der Waals surface area contributed by atoms with E-state index in [2.05, 4.69) is 0 Å². The number of hydrogen-bond donors (Lipinski definition) is 1. The molecule has 0 bridgehead atoms. The Morgan fingerprint density at radius 2 is 1.95 bits per heavy atom. The van der Waals surface area contributed by atoms with Crippen LogP contribution in [0.1, 0.15) is 11.1 Å². The first-order valence-electron chi connectivity index (χ1n) is 6.59. The lowest BCUT2D eigenvalue weighted by molar-refractivity contribution is 0.173. The normalized spacial score (nSPS) is 12.3. The molecular weight excluding hydrogens is 272 g/mol. The number of ether oxygens (including phenoxy) is 4. The van der Waals surface area contributed by atoms with Crippen molar-refractivity contribution in [2.45, 2.75) is 13.2 Å². The molecule has 0 saturated heterocycles. The molecule has 5 heteroatoms. The van der Waals surface area contributed by atoms with Crippen LogP contribution in [-0.2, 0) is 13.2 Å². The van der Waals surface area contributed by atoms with E-state index in [9.17, 15) is 5.11 Å². The van der Waals surface area contributed by atoms with Crippen LogP contribution in [0, 0.1) is 0 Å². The van der Waals surface area contributed by atoms with Crippen molar-refractivity contribution in [2.24, 2.45) is 0 Å². The molecule has 1 aliphatic heterocycles. The molecular formula is C16H16O5. The van der Waals surface area contributed by atoms with Gasteiger partial charge in [0.05, 0.1) is 13.7 Å². The average Bonchev–Trinajstić information content (AvgIpc) is 3.00. The molecule has 3 rings (SSSR count). The Balaban J connectivity index is 1.75. The SMILES string of the molecule is COc1ccc(CO)cc1COc1ccc2c(c1)OCO2. The van der Waals surface area contributed by atoms with Crippen LogP contribution >= 0.6 is 0 Å². The van der Waals surface area contributed by atoms with Crippen LogP contribution in [0.25, 0.3) is 0 Å². The molecule has 2 aromatic carbocycles. The molecule has 1 aliphatic rings. The highest BCUT2D eigenvalue weighted by atomic mass is 16.7. The summed E-state index contributed by atoms with van der Waals surface area (Å²) in [5, 5.41) is 9.20. The van der Waals surface area contributed by atoms with Crippen LogP contribution in [0.15, 0.2) is 36.4 Å². The van der Waals surface area contributed by atoms with Crippen molar-refractivity contribution in [3.8, 4) is 23.0 Å². The number of rotatable bonds is 5. The maximum absolute atomic E-state index is 9.20. The summed E-state index contributed by atoms with van der Waals surface area (Å²) >= 11 is 0. The summed E-state index contributed by atoms with van der Waals surface area (Å²) in [5.74, 6) is 2.83. The quantitative estimate of drug-likeness (QED) is 0.916. The molecule has 0 aliphatic carbocycles. The fourth-order valence-electron chi connectivity index (χ4n) is 2.17. The van der Waals surface area contributed by atoms with Gasteiger partial charge in [0.1, 0.15) is 18.1 Å². The van der Waals surface area contributed by atoms with Gasteiger partial charge in [-0.25, -0.2) is 0 Å². The Kier molecular flexibility index (Phi) is 3.83. The summed E-state index contributed by atoms with van der Waals surface area (Å²) in [6.07, 6.45) is 0. The van der Waals surface area contributed by atoms with Crippen molar-refractivity contribution in [2.75, 3.05) is 13.9 Å². The highest BCUT2D eigenvalue weighted by Crippen LogP contribution is 2.35. The first kappa shape index (κ1) is 13.6. The van der Waals surface area contributed by atoms with Crippen LogP contribution in [-0.4, -0.2) is 19.0 Å². The van der Waals surface area contributed by atoms with Crippen molar-refractivity contribution in [1.29, 1.82) is 0 Å². The molecule has 0 fully saturated rings. The minimum Gasteiger partial charge on any atom is -0.496 e. The van der Waals surface area contributed by atoms with Crippen LogP contribution < -0.4 is 18.9 Å². The summed E-state index contributed by atoms with van der Waals surface area (Å²) in [7, 11) is 1.61. The summed E-state index contributed by atoms with van der Waals surface area (Å²) in [4.78, 5) is 0. The van der Waals surface area contributed by atoms with Gasteiger partial charge in [0.25, 0.3) is 0 Å². The van der Waals surface area contributed by atoms with Crippen LogP contribution in [0.3, 0.4) is 0 Å². The van der Waals surface area contributed by atoms with E-state index in [1.807, 2.05) is 30.3 Å². The summed E-state index contributed by atoms with van der Waals surface area (Å²) in [6, 6.07) is 11.0. The molecule has 0 saturated carbocycles. The molecule has 1 heterocycles. The Morgan fingerprint density at radius 1 is 1.10 bits per heavy atom. The fourth-order valence-corrected chi connectivity index (χ4v) is 2.17. The zero-order valence-electron chi connectivity index (χ0n) is 11.7. The molecule has 0 spiro atoms. The van der Waals surface area contributed by atoms with E-state index >= 15 is 0 Å². The summed E-state index contributed by atoms with van der Waals surface area (Å²) in [6.45, 7) is 0.572. The molecule has 21 heavy (non-hydrogen) atoms. The zero-order valence-corrected chi connectivity index (χ0v) is 11.7. The Morgan fingerprint density at radius 3 is 2.76 bits per heavy atom. The standard InChI is InChI=1S/C16H16O5/c1-18-14-4-2-11(8-17)6-12(14)9-19-13-3-5-15-16(7-13)21-10-20-15/h2-7,17H,8-10H2,1H3. The van der Waals surface area contributed by atoms with Crippen LogP contribution in [0.4, 0.5) is 0 Å².